The Bertz CT molecular complexity index is 1390. The smallest absolute Gasteiger partial charge is 0.309 e. The fourth-order valence-corrected chi connectivity index (χ4v) is 11.6. The molecule has 1 aromatic carbocycles. The lowest BCUT2D eigenvalue weighted by molar-refractivity contribution is -0.191. The Kier molecular flexibility index (Phi) is 6.78. The number of carbonyl (C=O) groups is 2. The van der Waals surface area contributed by atoms with Crippen LogP contribution in [0.25, 0.3) is 6.08 Å². The summed E-state index contributed by atoms with van der Waals surface area (Å²) in [5, 5.41) is 21.9. The Hall–Kier alpha value is -1.72. The molecule has 0 heterocycles. The zero-order valence-electron chi connectivity index (χ0n) is 26.5. The molecule has 0 aliphatic heterocycles. The van der Waals surface area contributed by atoms with Gasteiger partial charge in [0.1, 0.15) is 0 Å². The molecule has 0 spiro atoms. The van der Waals surface area contributed by atoms with Gasteiger partial charge in [0.2, 0.25) is 0 Å². The quantitative estimate of drug-likeness (QED) is 0.340. The van der Waals surface area contributed by atoms with Crippen LogP contribution in [0.2, 0.25) is 0 Å². The van der Waals surface area contributed by atoms with Gasteiger partial charge in [0.15, 0.2) is 5.78 Å². The number of benzene rings is 1. The van der Waals surface area contributed by atoms with Crippen molar-refractivity contribution >= 4 is 33.8 Å². The molecule has 228 valence electrons. The Balaban J connectivity index is 1.46. The van der Waals surface area contributed by atoms with E-state index >= 15 is 0 Å². The zero-order valence-corrected chi connectivity index (χ0v) is 28.1. The van der Waals surface area contributed by atoms with Crippen LogP contribution in [0, 0.1) is 50.2 Å². The fourth-order valence-electron chi connectivity index (χ4n) is 11.3. The zero-order chi connectivity index (χ0) is 30.7. The van der Waals surface area contributed by atoms with Gasteiger partial charge >= 0.3 is 5.97 Å². The normalized spacial score (nSPS) is 47.0. The van der Waals surface area contributed by atoms with E-state index in [2.05, 4.69) is 75.7 Å². The number of halogens is 1. The van der Waals surface area contributed by atoms with Crippen LogP contribution in [0.15, 0.2) is 46.0 Å². The average Bonchev–Trinajstić information content (AvgIpc) is 2.90. The fraction of sp³-hybridized carbons (Fsp3) is 0.676. The number of aliphatic hydroxyl groups is 1. The van der Waals surface area contributed by atoms with Crippen molar-refractivity contribution in [2.24, 2.45) is 50.2 Å². The molecule has 2 N–H and O–H groups in total. The van der Waals surface area contributed by atoms with Crippen LogP contribution in [-0.4, -0.2) is 28.1 Å². The number of rotatable bonds is 2. The van der Waals surface area contributed by atoms with Crippen molar-refractivity contribution in [2.45, 2.75) is 106 Å². The monoisotopic (exact) mass is 636 g/mol. The van der Waals surface area contributed by atoms with Crippen molar-refractivity contribution in [1.29, 1.82) is 0 Å². The Morgan fingerprint density at radius 2 is 1.60 bits per heavy atom. The summed E-state index contributed by atoms with van der Waals surface area (Å²) in [5.41, 5.74) is 1.61. The van der Waals surface area contributed by atoms with Gasteiger partial charge in [0.05, 0.1) is 11.5 Å². The largest absolute Gasteiger partial charge is 0.481 e. The summed E-state index contributed by atoms with van der Waals surface area (Å²) in [6.07, 6.45) is 10.6. The number of allylic oxidation sites excluding steroid dienone is 2. The van der Waals surface area contributed by atoms with Crippen LogP contribution in [0.4, 0.5) is 0 Å². The second-order valence-electron chi connectivity index (χ2n) is 16.7. The highest BCUT2D eigenvalue weighted by Crippen LogP contribution is 2.75. The summed E-state index contributed by atoms with van der Waals surface area (Å²) in [7, 11) is 0. The molecule has 6 rings (SSSR count). The third-order valence-corrected chi connectivity index (χ3v) is 14.6. The number of hydrogen-bond donors (Lipinski definition) is 2. The summed E-state index contributed by atoms with van der Waals surface area (Å²) < 4.78 is 1.03. The Morgan fingerprint density at radius 1 is 0.952 bits per heavy atom. The molecule has 4 fully saturated rings. The minimum atomic E-state index is -0.746. The molecule has 4 nitrogen and oxygen atoms in total. The van der Waals surface area contributed by atoms with Gasteiger partial charge in [-0.1, -0.05) is 81.3 Å². The van der Waals surface area contributed by atoms with Crippen molar-refractivity contribution in [2.75, 3.05) is 0 Å². The number of ketones is 1. The predicted octanol–water partition coefficient (Wildman–Crippen LogP) is 8.87. The number of fused-ring (bicyclic) bond motifs is 7. The maximum atomic E-state index is 14.7. The summed E-state index contributed by atoms with van der Waals surface area (Å²) in [4.78, 5) is 27.1. The molecule has 1 aromatic rings. The second-order valence-corrected chi connectivity index (χ2v) is 17.6. The first kappa shape index (κ1) is 30.3. The van der Waals surface area contributed by atoms with Crippen LogP contribution in [0.1, 0.15) is 105 Å². The number of hydrogen-bond acceptors (Lipinski definition) is 3. The van der Waals surface area contributed by atoms with Gasteiger partial charge in [0, 0.05) is 10.4 Å². The third kappa shape index (κ3) is 4.00. The lowest BCUT2D eigenvalue weighted by atomic mass is 9.33. The first-order valence-electron chi connectivity index (χ1n) is 16.0. The number of aliphatic carboxylic acids is 1. The highest BCUT2D eigenvalue weighted by Gasteiger charge is 2.70. The highest BCUT2D eigenvalue weighted by molar-refractivity contribution is 9.10. The van der Waals surface area contributed by atoms with Crippen molar-refractivity contribution < 1.29 is 19.8 Å². The molecule has 4 saturated carbocycles. The molecule has 0 saturated heterocycles. The summed E-state index contributed by atoms with van der Waals surface area (Å²) in [5.74, 6) is -0.266. The van der Waals surface area contributed by atoms with Gasteiger partial charge in [-0.05, 0) is 127 Å². The number of carboxylic acids is 1. The Labute approximate surface area is 260 Å². The molecule has 5 aliphatic carbocycles. The van der Waals surface area contributed by atoms with Crippen molar-refractivity contribution in [3.8, 4) is 0 Å². The molecule has 42 heavy (non-hydrogen) atoms. The van der Waals surface area contributed by atoms with E-state index in [-0.39, 0.29) is 50.6 Å². The summed E-state index contributed by atoms with van der Waals surface area (Å²) in [6, 6.07) is 8.21. The lowest BCUT2D eigenvalue weighted by Gasteiger charge is -2.70. The van der Waals surface area contributed by atoms with Gasteiger partial charge < -0.3 is 10.2 Å². The average molecular weight is 638 g/mol. The maximum Gasteiger partial charge on any atom is 0.309 e. The number of aliphatic hydroxyl groups excluding tert-OH is 1. The second kappa shape index (κ2) is 9.39. The van der Waals surface area contributed by atoms with E-state index < -0.39 is 17.5 Å². The molecule has 5 heteroatoms. The van der Waals surface area contributed by atoms with Gasteiger partial charge in [0.25, 0.3) is 0 Å². The van der Waals surface area contributed by atoms with Crippen molar-refractivity contribution in [1.82, 2.24) is 0 Å². The van der Waals surface area contributed by atoms with Gasteiger partial charge in [-0.2, -0.15) is 0 Å². The first-order chi connectivity index (χ1) is 19.4. The van der Waals surface area contributed by atoms with Crippen LogP contribution in [-0.2, 0) is 9.59 Å². The maximum absolute atomic E-state index is 14.7. The number of carboxylic acid groups (broad SMARTS) is 1. The molecular weight excluding hydrogens is 588 g/mol. The lowest BCUT2D eigenvalue weighted by Crippen LogP contribution is -2.67. The first-order valence-corrected chi connectivity index (χ1v) is 16.8. The minimum Gasteiger partial charge on any atom is -0.481 e. The standard InChI is InChI=1S/C37H49BrO4/c1-32(2)28-12-13-37(7)29(35(28,5)20-23(30(32)40)18-22-8-10-24(38)11-9-22)27(39)19-25-26-21-34(4,31(41)42)15-14-33(26,3)16-17-36(25,37)6/h8-11,18-19,26,28-30,40H,12-17,20-21H2,1-7H3,(H,41,42)/b23-18+/t26-,28-,29+,30-,33+,34-,35-,36+,37+/m0/s1. The van der Waals surface area contributed by atoms with E-state index in [1.54, 1.807) is 0 Å². The van der Waals surface area contributed by atoms with Gasteiger partial charge in [-0.3, -0.25) is 9.59 Å². The van der Waals surface area contributed by atoms with Crippen LogP contribution >= 0.6 is 15.9 Å². The Morgan fingerprint density at radius 3 is 2.24 bits per heavy atom. The van der Waals surface area contributed by atoms with Gasteiger partial charge in [-0.25, -0.2) is 0 Å². The molecule has 0 bridgehead atoms. The van der Waals surface area contributed by atoms with E-state index in [0.29, 0.717) is 19.3 Å². The van der Waals surface area contributed by atoms with Crippen LogP contribution in [0.5, 0.6) is 0 Å². The molecule has 0 radical (unpaired) electrons. The van der Waals surface area contributed by atoms with Crippen LogP contribution in [0.3, 0.4) is 0 Å². The molecule has 0 unspecified atom stereocenters. The molecule has 0 amide bonds. The molecule has 9 atom stereocenters. The number of carbonyl (C=O) groups excluding carboxylic acids is 1. The highest BCUT2D eigenvalue weighted by atomic mass is 79.9. The van der Waals surface area contributed by atoms with Crippen LogP contribution < -0.4 is 0 Å². The minimum absolute atomic E-state index is 0.0441. The van der Waals surface area contributed by atoms with Crippen molar-refractivity contribution in [3.63, 3.8) is 0 Å². The van der Waals surface area contributed by atoms with E-state index in [4.69, 9.17) is 0 Å². The molecule has 5 aliphatic rings. The van der Waals surface area contributed by atoms with E-state index in [1.807, 2.05) is 25.1 Å². The topological polar surface area (TPSA) is 74.6 Å². The molecule has 0 aromatic heterocycles. The summed E-state index contributed by atoms with van der Waals surface area (Å²) >= 11 is 3.53. The predicted molar refractivity (Wildman–Crippen MR) is 171 cm³/mol. The van der Waals surface area contributed by atoms with E-state index in [1.165, 1.54) is 5.57 Å². The molecular formula is C37H49BrO4. The third-order valence-electron chi connectivity index (χ3n) is 14.1. The van der Waals surface area contributed by atoms with Gasteiger partial charge in [-0.15, -0.1) is 0 Å². The van der Waals surface area contributed by atoms with Crippen molar-refractivity contribution in [3.05, 3.63) is 51.5 Å². The van der Waals surface area contributed by atoms with E-state index in [0.717, 1.165) is 47.7 Å². The SMILES string of the molecule is CC1(C)[C@@H](O)/C(=C/c2ccc(Br)cc2)C[C@]2(C)[C@H]3C(=O)C=C4[C@@H]5C[C@@](C)(C(=O)O)CC[C@]5(C)CC[C@@]4(C)[C@]3(C)CC[C@@H]12. The van der Waals surface area contributed by atoms with E-state index in [9.17, 15) is 19.8 Å². The summed E-state index contributed by atoms with van der Waals surface area (Å²) in [6.45, 7) is 15.8.